The summed E-state index contributed by atoms with van der Waals surface area (Å²) in [6.45, 7) is 5.13. The number of carbonyl (C=O) groups excluding carboxylic acids is 2. The van der Waals surface area contributed by atoms with E-state index in [4.69, 9.17) is 0 Å². The first kappa shape index (κ1) is 21.0. The maximum absolute atomic E-state index is 12.5. The lowest BCUT2D eigenvalue weighted by atomic mass is 9.93. The fourth-order valence-electron chi connectivity index (χ4n) is 2.88. The number of halogens is 4. The van der Waals surface area contributed by atoms with Gasteiger partial charge < -0.3 is 20.9 Å². The molecule has 140 valence electrons. The smallest absolute Gasteiger partial charge is 0.355 e. The highest BCUT2D eigenvalue weighted by molar-refractivity contribution is 6.00. The summed E-state index contributed by atoms with van der Waals surface area (Å²) in [5.74, 6) is -2.34. The molecule has 0 aliphatic carbocycles. The van der Waals surface area contributed by atoms with Gasteiger partial charge in [-0.15, -0.1) is 12.4 Å². The minimum absolute atomic E-state index is 0. The standard InChI is InChI=1S/C14H23F3N4O2.ClH/c15-14(16,17)11-3-2-10(13(23)20-11)12(22)19-4-1-7-21-8-5-18-6-9-21;/h10-11,18H,1-9H2,(H,19,22)(H,20,23);1H. The summed E-state index contributed by atoms with van der Waals surface area (Å²) >= 11 is 0. The highest BCUT2D eigenvalue weighted by Gasteiger charge is 2.45. The molecule has 2 fully saturated rings. The molecular formula is C14H24ClF3N4O2. The van der Waals surface area contributed by atoms with Crippen LogP contribution in [0.25, 0.3) is 0 Å². The molecule has 0 aromatic heterocycles. The molecule has 2 aliphatic heterocycles. The number of carbonyl (C=O) groups is 2. The van der Waals surface area contributed by atoms with Crippen molar-refractivity contribution in [3.05, 3.63) is 0 Å². The van der Waals surface area contributed by atoms with Gasteiger partial charge in [-0.3, -0.25) is 9.59 Å². The van der Waals surface area contributed by atoms with Crippen molar-refractivity contribution in [1.82, 2.24) is 20.9 Å². The first-order valence-corrected chi connectivity index (χ1v) is 7.96. The molecule has 2 aliphatic rings. The first-order chi connectivity index (χ1) is 10.9. The maximum atomic E-state index is 12.5. The van der Waals surface area contributed by atoms with Crippen LogP contribution in [0.4, 0.5) is 13.2 Å². The van der Waals surface area contributed by atoms with Gasteiger partial charge >= 0.3 is 6.18 Å². The molecule has 0 saturated carbocycles. The third-order valence-electron chi connectivity index (χ3n) is 4.25. The van der Waals surface area contributed by atoms with Crippen molar-refractivity contribution in [3.8, 4) is 0 Å². The normalized spacial score (nSPS) is 25.5. The van der Waals surface area contributed by atoms with Crippen LogP contribution in [0.3, 0.4) is 0 Å². The summed E-state index contributed by atoms with van der Waals surface area (Å²) in [5.41, 5.74) is 0. The second kappa shape index (κ2) is 9.43. The summed E-state index contributed by atoms with van der Waals surface area (Å²) in [7, 11) is 0. The number of nitrogens with one attached hydrogen (secondary N) is 3. The average Bonchev–Trinajstić information content (AvgIpc) is 2.51. The summed E-state index contributed by atoms with van der Waals surface area (Å²) < 4.78 is 37.6. The van der Waals surface area contributed by atoms with Crippen LogP contribution in [0.1, 0.15) is 19.3 Å². The Morgan fingerprint density at radius 3 is 2.50 bits per heavy atom. The average molecular weight is 373 g/mol. The molecule has 0 bridgehead atoms. The molecule has 0 radical (unpaired) electrons. The second-order valence-corrected chi connectivity index (χ2v) is 5.97. The molecule has 3 N–H and O–H groups in total. The van der Waals surface area contributed by atoms with E-state index < -0.39 is 30.0 Å². The van der Waals surface area contributed by atoms with Crippen LogP contribution >= 0.6 is 12.4 Å². The summed E-state index contributed by atoms with van der Waals surface area (Å²) in [6, 6.07) is -1.84. The van der Waals surface area contributed by atoms with E-state index in [-0.39, 0.29) is 25.2 Å². The van der Waals surface area contributed by atoms with E-state index in [0.717, 1.165) is 39.1 Å². The molecule has 2 unspecified atom stereocenters. The molecule has 0 spiro atoms. The van der Waals surface area contributed by atoms with Crippen LogP contribution in [0, 0.1) is 5.92 Å². The van der Waals surface area contributed by atoms with E-state index in [2.05, 4.69) is 15.5 Å². The summed E-state index contributed by atoms with van der Waals surface area (Å²) in [4.78, 5) is 25.9. The Hall–Kier alpha value is -1.06. The molecule has 6 nitrogen and oxygen atoms in total. The Morgan fingerprint density at radius 2 is 1.92 bits per heavy atom. The number of hydrogen-bond donors (Lipinski definition) is 3. The lowest BCUT2D eigenvalue weighted by molar-refractivity contribution is -0.171. The zero-order valence-electron chi connectivity index (χ0n) is 13.3. The van der Waals surface area contributed by atoms with E-state index in [1.165, 1.54) is 0 Å². The fraction of sp³-hybridized carbons (Fsp3) is 0.857. The van der Waals surface area contributed by atoms with Crippen molar-refractivity contribution in [1.29, 1.82) is 0 Å². The number of rotatable bonds is 5. The second-order valence-electron chi connectivity index (χ2n) is 5.97. The van der Waals surface area contributed by atoms with Gasteiger partial charge in [0.05, 0.1) is 0 Å². The fourth-order valence-corrected chi connectivity index (χ4v) is 2.88. The number of nitrogens with zero attached hydrogens (tertiary/aromatic N) is 1. The first-order valence-electron chi connectivity index (χ1n) is 7.96. The van der Waals surface area contributed by atoms with Gasteiger partial charge in [-0.2, -0.15) is 13.2 Å². The zero-order valence-corrected chi connectivity index (χ0v) is 14.1. The van der Waals surface area contributed by atoms with Crippen LogP contribution in [0.5, 0.6) is 0 Å². The van der Waals surface area contributed by atoms with E-state index in [1.54, 1.807) is 0 Å². The molecule has 2 atom stereocenters. The molecule has 2 amide bonds. The Labute approximate surface area is 145 Å². The molecule has 0 aromatic carbocycles. The van der Waals surface area contributed by atoms with Gasteiger partial charge in [-0.1, -0.05) is 0 Å². The maximum Gasteiger partial charge on any atom is 0.408 e. The lowest BCUT2D eigenvalue weighted by Gasteiger charge is -2.30. The molecule has 2 rings (SSSR count). The van der Waals surface area contributed by atoms with Gasteiger partial charge in [-0.05, 0) is 25.8 Å². The van der Waals surface area contributed by atoms with E-state index in [1.807, 2.05) is 5.32 Å². The molecule has 2 saturated heterocycles. The van der Waals surface area contributed by atoms with Gasteiger partial charge in [0.2, 0.25) is 11.8 Å². The van der Waals surface area contributed by atoms with Crippen molar-refractivity contribution in [2.75, 3.05) is 39.3 Å². The minimum Gasteiger partial charge on any atom is -0.355 e. The van der Waals surface area contributed by atoms with Crippen molar-refractivity contribution in [2.45, 2.75) is 31.5 Å². The van der Waals surface area contributed by atoms with Crippen molar-refractivity contribution >= 4 is 24.2 Å². The van der Waals surface area contributed by atoms with Crippen LogP contribution in [-0.2, 0) is 9.59 Å². The van der Waals surface area contributed by atoms with E-state index in [0.29, 0.717) is 6.54 Å². The van der Waals surface area contributed by atoms with Crippen molar-refractivity contribution < 1.29 is 22.8 Å². The van der Waals surface area contributed by atoms with Crippen LogP contribution in [0.15, 0.2) is 0 Å². The highest BCUT2D eigenvalue weighted by atomic mass is 35.5. The lowest BCUT2D eigenvalue weighted by Crippen LogP contribution is -2.54. The number of amides is 2. The van der Waals surface area contributed by atoms with Crippen LogP contribution in [-0.4, -0.2) is 68.2 Å². The molecule has 10 heteroatoms. The van der Waals surface area contributed by atoms with Gasteiger partial charge in [-0.25, -0.2) is 0 Å². The Balaban J connectivity index is 0.00000288. The molecular weight excluding hydrogens is 349 g/mol. The van der Waals surface area contributed by atoms with Crippen molar-refractivity contribution in [2.24, 2.45) is 5.92 Å². The monoisotopic (exact) mass is 372 g/mol. The Kier molecular flexibility index (Phi) is 8.24. The predicted octanol–water partition coefficient (Wildman–Crippen LogP) is 0.277. The van der Waals surface area contributed by atoms with Crippen LogP contribution < -0.4 is 16.0 Å². The number of piperazine rings is 1. The third kappa shape index (κ3) is 6.10. The molecule has 2 heterocycles. The predicted molar refractivity (Wildman–Crippen MR) is 84.9 cm³/mol. The van der Waals surface area contributed by atoms with Gasteiger partial charge in [0.25, 0.3) is 0 Å². The van der Waals surface area contributed by atoms with E-state index in [9.17, 15) is 22.8 Å². The highest BCUT2D eigenvalue weighted by Crippen LogP contribution is 2.28. The van der Waals surface area contributed by atoms with E-state index >= 15 is 0 Å². The summed E-state index contributed by atoms with van der Waals surface area (Å²) in [5, 5.41) is 7.79. The number of piperidine rings is 1. The largest absolute Gasteiger partial charge is 0.408 e. The number of alkyl halides is 3. The SMILES string of the molecule is Cl.O=C(NCCCN1CCNCC1)C1CCC(C(F)(F)F)NC1=O. The van der Waals surface area contributed by atoms with Gasteiger partial charge in [0.1, 0.15) is 12.0 Å². The van der Waals surface area contributed by atoms with Crippen LogP contribution in [0.2, 0.25) is 0 Å². The zero-order chi connectivity index (χ0) is 16.9. The quantitative estimate of drug-likeness (QED) is 0.479. The molecule has 0 aromatic rings. The number of hydrogen-bond acceptors (Lipinski definition) is 4. The Bertz CT molecular complexity index is 431. The summed E-state index contributed by atoms with van der Waals surface area (Å²) in [6.07, 6.45) is -4.03. The Morgan fingerprint density at radius 1 is 1.25 bits per heavy atom. The third-order valence-corrected chi connectivity index (χ3v) is 4.25. The molecule has 24 heavy (non-hydrogen) atoms. The topological polar surface area (TPSA) is 73.5 Å². The van der Waals surface area contributed by atoms with Gasteiger partial charge in [0.15, 0.2) is 0 Å². The minimum atomic E-state index is -4.46. The van der Waals surface area contributed by atoms with Crippen molar-refractivity contribution in [3.63, 3.8) is 0 Å². The van der Waals surface area contributed by atoms with Gasteiger partial charge in [0, 0.05) is 32.7 Å².